The van der Waals surface area contributed by atoms with Crippen LogP contribution in [0.3, 0.4) is 0 Å². The fourth-order valence-electron chi connectivity index (χ4n) is 3.86. The van der Waals surface area contributed by atoms with E-state index in [1.807, 2.05) is 99.6 Å². The first kappa shape index (κ1) is 22.1. The fourth-order valence-corrected chi connectivity index (χ4v) is 3.86. The van der Waals surface area contributed by atoms with Gasteiger partial charge in [-0.3, -0.25) is 4.79 Å². The average Bonchev–Trinajstić information content (AvgIpc) is 3.13. The van der Waals surface area contributed by atoms with Crippen molar-refractivity contribution in [3.8, 4) is 28.5 Å². The summed E-state index contributed by atoms with van der Waals surface area (Å²) in [6, 6.07) is 32.4. The monoisotopic (exact) mass is 433 g/mol. The van der Waals surface area contributed by atoms with E-state index in [0.29, 0.717) is 17.9 Å². The summed E-state index contributed by atoms with van der Waals surface area (Å²) in [7, 11) is 0. The van der Waals surface area contributed by atoms with Crippen LogP contribution in [0.15, 0.2) is 91.0 Å². The number of amides is 1. The number of carbonyl (C=O) groups is 1. The van der Waals surface area contributed by atoms with E-state index in [2.05, 4.69) is 28.1 Å². The molecule has 0 unspecified atom stereocenters. The summed E-state index contributed by atoms with van der Waals surface area (Å²) >= 11 is 0. The van der Waals surface area contributed by atoms with Crippen LogP contribution in [0.4, 0.5) is 5.82 Å². The van der Waals surface area contributed by atoms with E-state index in [9.17, 15) is 10.1 Å². The van der Waals surface area contributed by atoms with Crippen molar-refractivity contribution in [3.05, 3.63) is 102 Å². The second kappa shape index (κ2) is 9.18. The van der Waals surface area contributed by atoms with Crippen LogP contribution in [0, 0.1) is 16.7 Å². The fraction of sp³-hybridized carbons (Fsp3) is 0.172. The van der Waals surface area contributed by atoms with Crippen LogP contribution in [-0.4, -0.2) is 10.5 Å². The maximum Gasteiger partial charge on any atom is 0.230 e. The highest BCUT2D eigenvalue weighted by Gasteiger charge is 2.29. The second-order valence-corrected chi connectivity index (χ2v) is 9.07. The largest absolute Gasteiger partial charge is 0.321 e. The summed E-state index contributed by atoms with van der Waals surface area (Å²) in [4.78, 5) is 13.1. The molecule has 164 valence electrons. The SMILES string of the molecule is CC(C)(C)C(=O)Nc1c(C#N)c(-c2ccccc2)c(-c2ccccc2)n1Cc1ccccc1. The molecule has 4 aromatic rings. The number of nitrogens with zero attached hydrogens (tertiary/aromatic N) is 2. The summed E-state index contributed by atoms with van der Waals surface area (Å²) in [6.07, 6.45) is 0. The number of aromatic nitrogens is 1. The number of nitrogens with one attached hydrogen (secondary N) is 1. The highest BCUT2D eigenvalue weighted by Crippen LogP contribution is 2.42. The molecule has 0 saturated carbocycles. The van der Waals surface area contributed by atoms with Crippen LogP contribution in [-0.2, 0) is 11.3 Å². The first-order valence-electron chi connectivity index (χ1n) is 11.0. The third-order valence-corrected chi connectivity index (χ3v) is 5.58. The molecule has 4 nitrogen and oxygen atoms in total. The molecule has 1 heterocycles. The van der Waals surface area contributed by atoms with Crippen molar-refractivity contribution in [3.63, 3.8) is 0 Å². The zero-order valence-corrected chi connectivity index (χ0v) is 19.2. The van der Waals surface area contributed by atoms with Crippen LogP contribution in [0.25, 0.3) is 22.4 Å². The standard InChI is InChI=1S/C29H27N3O/c1-29(2,3)28(33)31-27-24(19-30)25(22-15-9-5-10-16-22)26(23-17-11-6-12-18-23)32(27)20-21-13-7-4-8-14-21/h4-18H,20H2,1-3H3,(H,31,33). The van der Waals surface area contributed by atoms with Crippen LogP contribution >= 0.6 is 0 Å². The maximum absolute atomic E-state index is 13.1. The summed E-state index contributed by atoms with van der Waals surface area (Å²) in [5, 5.41) is 13.4. The minimum Gasteiger partial charge on any atom is -0.321 e. The zero-order chi connectivity index (χ0) is 23.4. The van der Waals surface area contributed by atoms with Crippen LogP contribution in [0.2, 0.25) is 0 Å². The molecule has 33 heavy (non-hydrogen) atoms. The van der Waals surface area contributed by atoms with Gasteiger partial charge in [-0.05, 0) is 16.7 Å². The molecule has 4 rings (SSSR count). The number of benzene rings is 3. The Labute approximate surface area is 195 Å². The van der Waals surface area contributed by atoms with E-state index in [-0.39, 0.29) is 5.91 Å². The summed E-state index contributed by atoms with van der Waals surface area (Å²) in [5.74, 6) is 0.393. The molecule has 0 aliphatic heterocycles. The van der Waals surface area contributed by atoms with Gasteiger partial charge in [-0.25, -0.2) is 0 Å². The first-order chi connectivity index (χ1) is 15.9. The molecule has 4 heteroatoms. The van der Waals surface area contributed by atoms with Gasteiger partial charge in [0.1, 0.15) is 17.5 Å². The predicted octanol–water partition coefficient (Wildman–Crippen LogP) is 6.73. The molecule has 3 aromatic carbocycles. The molecule has 0 aliphatic carbocycles. The molecule has 0 saturated heterocycles. The molecular formula is C29H27N3O. The van der Waals surface area contributed by atoms with Crippen molar-refractivity contribution < 1.29 is 4.79 Å². The Bertz CT molecular complexity index is 1290. The van der Waals surface area contributed by atoms with E-state index in [1.165, 1.54) is 0 Å². The summed E-state index contributed by atoms with van der Waals surface area (Å²) < 4.78 is 2.06. The number of nitriles is 1. The lowest BCUT2D eigenvalue weighted by Gasteiger charge is -2.20. The van der Waals surface area contributed by atoms with Crippen LogP contribution in [0.1, 0.15) is 31.9 Å². The number of carbonyl (C=O) groups excluding carboxylic acids is 1. The summed E-state index contributed by atoms with van der Waals surface area (Å²) in [6.45, 7) is 6.13. The third-order valence-electron chi connectivity index (χ3n) is 5.58. The number of rotatable bonds is 5. The Kier molecular flexibility index (Phi) is 6.15. The molecule has 0 fully saturated rings. The van der Waals surface area contributed by atoms with Crippen molar-refractivity contribution in [2.24, 2.45) is 5.41 Å². The smallest absolute Gasteiger partial charge is 0.230 e. The van der Waals surface area contributed by atoms with E-state index in [1.54, 1.807) is 0 Å². The molecular weight excluding hydrogens is 406 g/mol. The number of anilines is 1. The number of hydrogen-bond donors (Lipinski definition) is 1. The van der Waals surface area contributed by atoms with Crippen molar-refractivity contribution in [2.75, 3.05) is 5.32 Å². The van der Waals surface area contributed by atoms with Gasteiger partial charge in [0.05, 0.1) is 5.69 Å². The Morgan fingerprint density at radius 1 is 0.848 bits per heavy atom. The van der Waals surface area contributed by atoms with Crippen molar-refractivity contribution in [1.29, 1.82) is 5.26 Å². The molecule has 1 amide bonds. The lowest BCUT2D eigenvalue weighted by atomic mass is 9.95. The predicted molar refractivity (Wildman–Crippen MR) is 134 cm³/mol. The van der Waals surface area contributed by atoms with Gasteiger partial charge in [0.15, 0.2) is 0 Å². The van der Waals surface area contributed by atoms with Gasteiger partial charge in [-0.1, -0.05) is 112 Å². The van der Waals surface area contributed by atoms with Crippen molar-refractivity contribution in [1.82, 2.24) is 4.57 Å². The highest BCUT2D eigenvalue weighted by molar-refractivity contribution is 5.99. The van der Waals surface area contributed by atoms with E-state index in [4.69, 9.17) is 0 Å². The zero-order valence-electron chi connectivity index (χ0n) is 19.2. The maximum atomic E-state index is 13.1. The van der Waals surface area contributed by atoms with Gasteiger partial charge in [-0.2, -0.15) is 5.26 Å². The minimum atomic E-state index is -0.603. The minimum absolute atomic E-state index is 0.134. The Balaban J connectivity index is 2.05. The van der Waals surface area contributed by atoms with E-state index >= 15 is 0 Å². The Hall–Kier alpha value is -4.10. The molecule has 1 N–H and O–H groups in total. The van der Waals surface area contributed by atoms with Crippen molar-refractivity contribution >= 4 is 11.7 Å². The van der Waals surface area contributed by atoms with Gasteiger partial charge in [-0.15, -0.1) is 0 Å². The van der Waals surface area contributed by atoms with Gasteiger partial charge in [0.2, 0.25) is 5.91 Å². The molecule has 0 aliphatic rings. The van der Waals surface area contributed by atoms with Gasteiger partial charge in [0.25, 0.3) is 0 Å². The highest BCUT2D eigenvalue weighted by atomic mass is 16.2. The van der Waals surface area contributed by atoms with Gasteiger partial charge in [0, 0.05) is 17.5 Å². The van der Waals surface area contributed by atoms with Crippen LogP contribution < -0.4 is 5.32 Å². The van der Waals surface area contributed by atoms with E-state index < -0.39 is 5.41 Å². The summed E-state index contributed by atoms with van der Waals surface area (Å²) in [5.41, 5.74) is 4.60. The van der Waals surface area contributed by atoms with Crippen LogP contribution in [0.5, 0.6) is 0 Å². The topological polar surface area (TPSA) is 57.8 Å². The molecule has 0 atom stereocenters. The molecule has 0 bridgehead atoms. The van der Waals surface area contributed by atoms with Crippen molar-refractivity contribution in [2.45, 2.75) is 27.3 Å². The number of hydrogen-bond acceptors (Lipinski definition) is 2. The lowest BCUT2D eigenvalue weighted by Crippen LogP contribution is -2.29. The second-order valence-electron chi connectivity index (χ2n) is 9.07. The average molecular weight is 434 g/mol. The van der Waals surface area contributed by atoms with Gasteiger partial charge < -0.3 is 9.88 Å². The van der Waals surface area contributed by atoms with Gasteiger partial charge >= 0.3 is 0 Å². The molecule has 0 radical (unpaired) electrons. The Morgan fingerprint density at radius 3 is 1.88 bits per heavy atom. The Morgan fingerprint density at radius 2 is 1.36 bits per heavy atom. The molecule has 1 aromatic heterocycles. The first-order valence-corrected chi connectivity index (χ1v) is 11.0. The normalized spacial score (nSPS) is 11.1. The molecule has 0 spiro atoms. The lowest BCUT2D eigenvalue weighted by molar-refractivity contribution is -0.123. The van der Waals surface area contributed by atoms with E-state index in [0.717, 1.165) is 27.9 Å². The quantitative estimate of drug-likeness (QED) is 0.379. The third kappa shape index (κ3) is 4.58.